The first-order valence-corrected chi connectivity index (χ1v) is 9.53. The summed E-state index contributed by atoms with van der Waals surface area (Å²) in [7, 11) is 1.56. The van der Waals surface area contributed by atoms with E-state index in [4.69, 9.17) is 15.6 Å². The lowest BCUT2D eigenvalue weighted by molar-refractivity contribution is 0.0973. The van der Waals surface area contributed by atoms with Gasteiger partial charge in [-0.05, 0) is 43.2 Å². The number of benzene rings is 2. The van der Waals surface area contributed by atoms with E-state index < -0.39 is 5.91 Å². The van der Waals surface area contributed by atoms with Crippen LogP contribution in [0.4, 0.5) is 0 Å². The van der Waals surface area contributed by atoms with Crippen LogP contribution < -0.4 is 9.54 Å². The molecule has 2 heterocycles. The number of methoxy groups -OCH3 is 1. The van der Waals surface area contributed by atoms with E-state index in [2.05, 4.69) is 23.0 Å². The third-order valence-corrected chi connectivity index (χ3v) is 5.73. The summed E-state index contributed by atoms with van der Waals surface area (Å²) in [6.45, 7) is 4.42. The van der Waals surface area contributed by atoms with Crippen LogP contribution in [0, 0.1) is 26.2 Å². The second-order valence-corrected chi connectivity index (χ2v) is 7.49. The Labute approximate surface area is 165 Å². The highest BCUT2D eigenvalue weighted by atomic mass is 32.1. The Morgan fingerprint density at radius 3 is 2.89 bits per heavy atom. The van der Waals surface area contributed by atoms with Gasteiger partial charge in [0.1, 0.15) is 0 Å². The van der Waals surface area contributed by atoms with Crippen LogP contribution in [0.1, 0.15) is 21.7 Å². The van der Waals surface area contributed by atoms with Crippen LogP contribution in [0.3, 0.4) is 0 Å². The number of carbonyl (C=O) groups is 1. The summed E-state index contributed by atoms with van der Waals surface area (Å²) in [4.78, 5) is 17.7. The number of aromatic nitrogens is 1. The topological polar surface area (TPSA) is 56.7 Å². The number of fused-ring (bicyclic) bond motifs is 2. The van der Waals surface area contributed by atoms with Crippen molar-refractivity contribution in [3.63, 3.8) is 0 Å². The van der Waals surface area contributed by atoms with E-state index >= 15 is 0 Å². The molecule has 0 spiro atoms. The Hall–Kier alpha value is -3.30. The summed E-state index contributed by atoms with van der Waals surface area (Å²) in [6, 6.07) is 11.3. The molecule has 0 aliphatic rings. The molecule has 0 radical (unpaired) electrons. The van der Waals surface area contributed by atoms with Crippen LogP contribution >= 0.6 is 11.3 Å². The molecule has 0 aliphatic heterocycles. The molecule has 1 amide bonds. The Morgan fingerprint density at radius 1 is 1.32 bits per heavy atom. The monoisotopic (exact) mass is 390 g/mol. The van der Waals surface area contributed by atoms with Crippen molar-refractivity contribution in [2.75, 3.05) is 7.11 Å². The van der Waals surface area contributed by atoms with E-state index in [1.54, 1.807) is 19.2 Å². The lowest BCUT2D eigenvalue weighted by Crippen LogP contribution is -2.16. The number of para-hydroxylation sites is 1. The third kappa shape index (κ3) is 3.00. The first kappa shape index (κ1) is 18.1. The number of hydrogen-bond acceptors (Lipinski definition) is 4. The van der Waals surface area contributed by atoms with Gasteiger partial charge in [-0.1, -0.05) is 35.5 Å². The van der Waals surface area contributed by atoms with Crippen LogP contribution in [0.15, 0.2) is 45.8 Å². The highest BCUT2D eigenvalue weighted by Crippen LogP contribution is 2.29. The van der Waals surface area contributed by atoms with Gasteiger partial charge in [-0.25, -0.2) is 0 Å². The molecule has 5 nitrogen and oxygen atoms in total. The summed E-state index contributed by atoms with van der Waals surface area (Å²) in [6.07, 6.45) is 5.56. The zero-order valence-corrected chi connectivity index (χ0v) is 16.6. The fourth-order valence-electron chi connectivity index (χ4n) is 3.29. The molecular weight excluding hydrogens is 372 g/mol. The largest absolute Gasteiger partial charge is 0.493 e. The van der Waals surface area contributed by atoms with Gasteiger partial charge in [-0.2, -0.15) is 4.99 Å². The molecule has 0 N–H and O–H groups in total. The minimum atomic E-state index is -0.454. The van der Waals surface area contributed by atoms with Crippen LogP contribution in [0.25, 0.3) is 21.2 Å². The molecule has 0 saturated heterocycles. The van der Waals surface area contributed by atoms with E-state index in [9.17, 15) is 4.79 Å². The molecule has 0 bridgehead atoms. The van der Waals surface area contributed by atoms with Gasteiger partial charge in [-0.15, -0.1) is 6.42 Å². The summed E-state index contributed by atoms with van der Waals surface area (Å²) in [5, 5.41) is 0.789. The first-order valence-electron chi connectivity index (χ1n) is 8.71. The Balaban J connectivity index is 1.88. The number of terminal acetylenes is 1. The second kappa shape index (κ2) is 7.02. The maximum Gasteiger partial charge on any atom is 0.315 e. The van der Waals surface area contributed by atoms with Crippen LogP contribution in [-0.4, -0.2) is 17.6 Å². The van der Waals surface area contributed by atoms with Gasteiger partial charge in [0.15, 0.2) is 21.9 Å². The van der Waals surface area contributed by atoms with Crippen molar-refractivity contribution in [3.8, 4) is 18.1 Å². The number of hydrogen-bond donors (Lipinski definition) is 0. The standard InChI is InChI=1S/C22H18N2O3S/c1-5-9-24-16-11-13(2)10-14(3)20(16)28-22(24)23-21(25)18-12-15-7-6-8-17(26-4)19(15)27-18/h1,6-8,10-12H,9H2,2-4H3. The van der Waals surface area contributed by atoms with Crippen molar-refractivity contribution >= 4 is 38.4 Å². The van der Waals surface area contributed by atoms with Crippen LogP contribution in [0.5, 0.6) is 5.75 Å². The van der Waals surface area contributed by atoms with Crippen molar-refractivity contribution in [1.29, 1.82) is 0 Å². The molecule has 140 valence electrons. The molecule has 0 saturated carbocycles. The lowest BCUT2D eigenvalue weighted by Gasteiger charge is -2.02. The smallest absolute Gasteiger partial charge is 0.315 e. The molecule has 2 aromatic carbocycles. The van der Waals surface area contributed by atoms with Gasteiger partial charge in [0.2, 0.25) is 0 Å². The van der Waals surface area contributed by atoms with Crippen LogP contribution in [-0.2, 0) is 6.54 Å². The number of rotatable bonds is 3. The van der Waals surface area contributed by atoms with Gasteiger partial charge < -0.3 is 13.7 Å². The van der Waals surface area contributed by atoms with Gasteiger partial charge >= 0.3 is 5.91 Å². The molecule has 4 rings (SSSR count). The molecule has 0 unspecified atom stereocenters. The number of furan rings is 1. The quantitative estimate of drug-likeness (QED) is 0.486. The van der Waals surface area contributed by atoms with E-state index in [0.29, 0.717) is 22.7 Å². The van der Waals surface area contributed by atoms with E-state index in [-0.39, 0.29) is 5.76 Å². The number of amides is 1. The molecule has 2 aromatic heterocycles. The van der Waals surface area contributed by atoms with Crippen molar-refractivity contribution in [1.82, 2.24) is 4.57 Å². The molecule has 0 atom stereocenters. The van der Waals surface area contributed by atoms with Crippen molar-refractivity contribution < 1.29 is 13.9 Å². The number of aryl methyl sites for hydroxylation is 2. The first-order chi connectivity index (χ1) is 13.5. The number of carbonyl (C=O) groups excluding carboxylic acids is 1. The normalized spacial score (nSPS) is 11.9. The fraction of sp³-hybridized carbons (Fsp3) is 0.182. The summed E-state index contributed by atoms with van der Waals surface area (Å²) in [5.74, 6) is 2.94. The number of thiazole rings is 1. The average molecular weight is 390 g/mol. The average Bonchev–Trinajstić information content (AvgIpc) is 3.24. The second-order valence-electron chi connectivity index (χ2n) is 6.51. The minimum absolute atomic E-state index is 0.164. The summed E-state index contributed by atoms with van der Waals surface area (Å²) >= 11 is 1.45. The predicted octanol–water partition coefficient (Wildman–Crippen LogP) is 4.45. The summed E-state index contributed by atoms with van der Waals surface area (Å²) in [5.41, 5.74) is 3.78. The van der Waals surface area contributed by atoms with Gasteiger partial charge in [0.05, 0.1) is 23.9 Å². The number of ether oxygens (including phenoxy) is 1. The van der Waals surface area contributed by atoms with Crippen molar-refractivity contribution in [2.24, 2.45) is 4.99 Å². The molecule has 4 aromatic rings. The van der Waals surface area contributed by atoms with E-state index in [0.717, 1.165) is 26.7 Å². The zero-order valence-electron chi connectivity index (χ0n) is 15.8. The molecule has 28 heavy (non-hydrogen) atoms. The van der Waals surface area contributed by atoms with Gasteiger partial charge in [-0.3, -0.25) is 4.79 Å². The molecule has 0 aliphatic carbocycles. The Morgan fingerprint density at radius 2 is 2.14 bits per heavy atom. The predicted molar refractivity (Wildman–Crippen MR) is 111 cm³/mol. The van der Waals surface area contributed by atoms with E-state index in [1.165, 1.54) is 11.3 Å². The molecule has 0 fully saturated rings. The Bertz CT molecular complexity index is 1330. The van der Waals surface area contributed by atoms with Gasteiger partial charge in [0.25, 0.3) is 0 Å². The Kier molecular flexibility index (Phi) is 4.54. The highest BCUT2D eigenvalue weighted by molar-refractivity contribution is 7.16. The van der Waals surface area contributed by atoms with Gasteiger partial charge in [0, 0.05) is 5.39 Å². The van der Waals surface area contributed by atoms with Crippen molar-refractivity contribution in [3.05, 3.63) is 58.1 Å². The molecule has 6 heteroatoms. The number of nitrogens with zero attached hydrogens (tertiary/aromatic N) is 2. The minimum Gasteiger partial charge on any atom is -0.493 e. The van der Waals surface area contributed by atoms with Crippen molar-refractivity contribution in [2.45, 2.75) is 20.4 Å². The summed E-state index contributed by atoms with van der Waals surface area (Å²) < 4.78 is 14.0. The lowest BCUT2D eigenvalue weighted by atomic mass is 10.1. The van der Waals surface area contributed by atoms with Crippen LogP contribution in [0.2, 0.25) is 0 Å². The molecular formula is C22H18N2O3S. The zero-order chi connectivity index (χ0) is 19.8. The van der Waals surface area contributed by atoms with E-state index in [1.807, 2.05) is 30.5 Å². The fourth-order valence-corrected chi connectivity index (χ4v) is 4.36. The highest BCUT2D eigenvalue weighted by Gasteiger charge is 2.16. The SMILES string of the molecule is C#CCn1c(=NC(=O)c2cc3cccc(OC)c3o2)sc2c(C)cc(C)cc21. The third-order valence-electron chi connectivity index (χ3n) is 4.50. The maximum atomic E-state index is 12.8. The maximum absolute atomic E-state index is 12.8.